The Bertz CT molecular complexity index is 1450. The summed E-state index contributed by atoms with van der Waals surface area (Å²) in [6.07, 6.45) is 3.41. The smallest absolute Gasteiger partial charge is 0.176 e. The van der Waals surface area contributed by atoms with E-state index in [1.54, 1.807) is 0 Å². The van der Waals surface area contributed by atoms with Gasteiger partial charge >= 0.3 is 0 Å². The lowest BCUT2D eigenvalue weighted by Crippen LogP contribution is -2.29. The van der Waals surface area contributed by atoms with Gasteiger partial charge in [0.05, 0.1) is 22.1 Å². The van der Waals surface area contributed by atoms with E-state index in [9.17, 15) is 0 Å². The highest BCUT2D eigenvalue weighted by Crippen LogP contribution is 2.24. The van der Waals surface area contributed by atoms with Gasteiger partial charge in [-0.05, 0) is 24.3 Å². The summed E-state index contributed by atoms with van der Waals surface area (Å²) in [7, 11) is 0. The van der Waals surface area contributed by atoms with Crippen molar-refractivity contribution >= 4 is 44.0 Å². The molecule has 6 rings (SSSR count). The molecule has 0 radical (unpaired) electrons. The fourth-order valence-corrected chi connectivity index (χ4v) is 3.62. The highest BCUT2D eigenvalue weighted by molar-refractivity contribution is 6.03. The zero-order chi connectivity index (χ0) is 16.4. The third kappa shape index (κ3) is 1.63. The quantitative estimate of drug-likeness (QED) is 0.243. The molecule has 25 heavy (non-hydrogen) atoms. The molecule has 0 saturated carbocycles. The Morgan fingerprint density at radius 2 is 1.40 bits per heavy atom. The average Bonchev–Trinajstić information content (AvgIpc) is 3.05. The zero-order valence-electron chi connectivity index (χ0n) is 13.2. The Kier molecular flexibility index (Phi) is 2.32. The second-order valence-corrected chi connectivity index (χ2v) is 6.15. The molecule has 4 heteroatoms. The van der Waals surface area contributed by atoms with Gasteiger partial charge in [-0.2, -0.15) is 9.03 Å². The first-order valence-corrected chi connectivity index (χ1v) is 8.22. The van der Waals surface area contributed by atoms with Crippen LogP contribution < -0.4 is 4.52 Å². The van der Waals surface area contributed by atoms with E-state index in [-0.39, 0.29) is 0 Å². The highest BCUT2D eigenvalue weighted by Gasteiger charge is 2.14. The molecule has 0 aliphatic heterocycles. The van der Waals surface area contributed by atoms with E-state index in [1.165, 1.54) is 10.8 Å². The van der Waals surface area contributed by atoms with Crippen LogP contribution in [0.5, 0.6) is 0 Å². The van der Waals surface area contributed by atoms with Gasteiger partial charge < -0.3 is 0 Å². The van der Waals surface area contributed by atoms with Crippen LogP contribution in [-0.2, 0) is 0 Å². The van der Waals surface area contributed by atoms with Gasteiger partial charge in [0.1, 0.15) is 11.2 Å². The van der Waals surface area contributed by atoms with Gasteiger partial charge in [-0.25, -0.2) is 0 Å². The van der Waals surface area contributed by atoms with Gasteiger partial charge in [0.25, 0.3) is 0 Å². The lowest BCUT2D eigenvalue weighted by atomic mass is 10.1. The van der Waals surface area contributed by atoms with Crippen molar-refractivity contribution in [1.29, 1.82) is 0 Å². The van der Waals surface area contributed by atoms with E-state index in [2.05, 4.69) is 53.2 Å². The second-order valence-electron chi connectivity index (χ2n) is 6.15. The molecule has 0 bridgehead atoms. The highest BCUT2D eigenvalue weighted by atomic mass is 15.3. The van der Waals surface area contributed by atoms with E-state index in [0.717, 1.165) is 33.2 Å². The molecule has 0 spiro atoms. The van der Waals surface area contributed by atoms with Crippen LogP contribution in [0.25, 0.3) is 44.0 Å². The molecule has 3 heterocycles. The Labute approximate surface area is 142 Å². The summed E-state index contributed by atoms with van der Waals surface area (Å²) in [6.45, 7) is 0. The van der Waals surface area contributed by atoms with Crippen molar-refractivity contribution in [2.45, 2.75) is 0 Å². The number of fused-ring (bicyclic) bond motifs is 9. The van der Waals surface area contributed by atoms with E-state index >= 15 is 0 Å². The summed E-state index contributed by atoms with van der Waals surface area (Å²) in [6, 6.07) is 24.7. The standard InChI is InChI=1S/C21H12N4/c1-5-11-19-14(7-1)15-8-2-6-12-20(15)25-21-18(13-24(19)25)22-16-9-3-4-10-17(16)23-21/h1-12H. The van der Waals surface area contributed by atoms with Crippen LogP contribution >= 0.6 is 0 Å². The van der Waals surface area contributed by atoms with Crippen LogP contribution in [0.1, 0.15) is 0 Å². The van der Waals surface area contributed by atoms with Crippen LogP contribution in [0.3, 0.4) is 0 Å². The van der Waals surface area contributed by atoms with E-state index < -0.39 is 0 Å². The molecule has 6 aromatic rings. The summed E-state index contributed by atoms with van der Waals surface area (Å²) in [5.41, 5.74) is 5.55. The maximum Gasteiger partial charge on any atom is 0.176 e. The van der Waals surface area contributed by atoms with Crippen LogP contribution in [-0.4, -0.2) is 14.5 Å². The first-order valence-electron chi connectivity index (χ1n) is 8.22. The molecule has 0 fully saturated rings. The number of hydrogen-bond acceptors (Lipinski definition) is 2. The maximum atomic E-state index is 4.87. The molecule has 0 N–H and O–H groups in total. The summed E-state index contributed by atoms with van der Waals surface area (Å²) >= 11 is 0. The Morgan fingerprint density at radius 1 is 0.720 bits per heavy atom. The average molecular weight is 320 g/mol. The molecular formula is C21H12N4. The fourth-order valence-electron chi connectivity index (χ4n) is 3.62. The monoisotopic (exact) mass is 320 g/mol. The minimum atomic E-state index is 0.769. The maximum absolute atomic E-state index is 4.87. The molecule has 0 unspecified atom stereocenters. The second kappa shape index (κ2) is 4.51. The van der Waals surface area contributed by atoms with Crippen molar-refractivity contribution in [2.75, 3.05) is 0 Å². The predicted octanol–water partition coefficient (Wildman–Crippen LogP) is 3.73. The van der Waals surface area contributed by atoms with Crippen molar-refractivity contribution in [3.63, 3.8) is 0 Å². The summed E-state index contributed by atoms with van der Waals surface area (Å²) in [4.78, 5) is 9.64. The molecule has 0 aliphatic carbocycles. The molecule has 116 valence electrons. The fraction of sp³-hybridized carbons (Fsp3) is 0. The number of aromatic nitrogens is 4. The molecule has 0 atom stereocenters. The topological polar surface area (TPSA) is 34.3 Å². The van der Waals surface area contributed by atoms with Gasteiger partial charge in [-0.3, -0.25) is 9.97 Å². The Hall–Kier alpha value is -3.53. The van der Waals surface area contributed by atoms with E-state index in [4.69, 9.17) is 9.97 Å². The normalized spacial score (nSPS) is 12.0. The zero-order valence-corrected chi connectivity index (χ0v) is 13.2. The van der Waals surface area contributed by atoms with Gasteiger partial charge in [0, 0.05) is 10.8 Å². The van der Waals surface area contributed by atoms with Crippen LogP contribution in [0.15, 0.2) is 72.8 Å². The SMILES string of the molecule is [c-]1c2nc3ccccc3nc2n2c3ccccc3c3ccccc3[n+]12. The van der Waals surface area contributed by atoms with Crippen LogP contribution in [0.2, 0.25) is 0 Å². The number of benzene rings is 3. The molecule has 0 saturated heterocycles. The van der Waals surface area contributed by atoms with Crippen molar-refractivity contribution in [3.8, 4) is 0 Å². The van der Waals surface area contributed by atoms with Crippen molar-refractivity contribution in [1.82, 2.24) is 14.5 Å². The lowest BCUT2D eigenvalue weighted by molar-refractivity contribution is -0.589. The first-order chi connectivity index (χ1) is 12.4. The van der Waals surface area contributed by atoms with Crippen LogP contribution in [0.4, 0.5) is 0 Å². The third-order valence-corrected chi connectivity index (χ3v) is 4.72. The molecule has 0 aliphatic rings. The third-order valence-electron chi connectivity index (χ3n) is 4.72. The number of hydrogen-bond donors (Lipinski definition) is 0. The molecular weight excluding hydrogens is 308 g/mol. The first kappa shape index (κ1) is 12.8. The Balaban J connectivity index is 1.98. The summed E-state index contributed by atoms with van der Waals surface area (Å²) in [5, 5.41) is 2.39. The van der Waals surface area contributed by atoms with E-state index in [1.807, 2.05) is 34.8 Å². The molecule has 0 amide bonds. The van der Waals surface area contributed by atoms with Crippen molar-refractivity contribution in [3.05, 3.63) is 79.0 Å². The van der Waals surface area contributed by atoms with Gasteiger partial charge in [-0.15, -0.1) is 0 Å². The van der Waals surface area contributed by atoms with Crippen molar-refractivity contribution < 1.29 is 4.52 Å². The molecule has 3 aromatic carbocycles. The van der Waals surface area contributed by atoms with Crippen molar-refractivity contribution in [2.24, 2.45) is 0 Å². The summed E-state index contributed by atoms with van der Waals surface area (Å²) in [5.74, 6) is 0. The number of para-hydroxylation sites is 4. The molecule has 3 aromatic heterocycles. The van der Waals surface area contributed by atoms with Gasteiger partial charge in [-0.1, -0.05) is 48.5 Å². The van der Waals surface area contributed by atoms with Crippen LogP contribution in [0, 0.1) is 6.20 Å². The van der Waals surface area contributed by atoms with Gasteiger partial charge in [0.2, 0.25) is 0 Å². The predicted molar refractivity (Wildman–Crippen MR) is 97.5 cm³/mol. The minimum Gasteiger partial charge on any atom is -0.285 e. The minimum absolute atomic E-state index is 0.769. The lowest BCUT2D eigenvalue weighted by Gasteiger charge is -2.08. The number of rotatable bonds is 0. The largest absolute Gasteiger partial charge is 0.285 e. The molecule has 4 nitrogen and oxygen atoms in total. The Morgan fingerprint density at radius 3 is 2.28 bits per heavy atom. The number of nitrogens with zero attached hydrogens (tertiary/aromatic N) is 4. The summed E-state index contributed by atoms with van der Waals surface area (Å²) < 4.78 is 4.13. The van der Waals surface area contributed by atoms with Gasteiger partial charge in [0.15, 0.2) is 6.20 Å². The van der Waals surface area contributed by atoms with E-state index in [0.29, 0.717) is 0 Å².